The van der Waals surface area contributed by atoms with Crippen LogP contribution >= 0.6 is 0 Å². The molecule has 0 aliphatic carbocycles. The van der Waals surface area contributed by atoms with Crippen LogP contribution in [0.5, 0.6) is 0 Å². The van der Waals surface area contributed by atoms with Crippen LogP contribution in [0.2, 0.25) is 0 Å². The van der Waals surface area contributed by atoms with Crippen LogP contribution in [0.1, 0.15) is 6.23 Å². The Hall–Kier alpha value is -0.830. The molecule has 0 bridgehead atoms. The van der Waals surface area contributed by atoms with E-state index in [0.717, 1.165) is 6.61 Å². The average Bonchev–Trinajstić information content (AvgIpc) is 2.49. The highest BCUT2D eigenvalue weighted by Crippen LogP contribution is 2.21. The number of rotatable bonds is 1. The molecule has 0 N–H and O–H groups in total. The van der Waals surface area contributed by atoms with Gasteiger partial charge in [-0.2, -0.15) is 0 Å². The molecular weight excluding hydrogens is 104 g/mol. The monoisotopic (exact) mass is 110 g/mol. The molecule has 0 unspecified atom stereocenters. The minimum atomic E-state index is 0.289. The molecule has 3 heteroatoms. The van der Waals surface area contributed by atoms with E-state index in [2.05, 4.69) is 4.98 Å². The fourth-order valence-electron chi connectivity index (χ4n) is 0.655. The lowest BCUT2D eigenvalue weighted by Crippen LogP contribution is -1.87. The second-order valence-corrected chi connectivity index (χ2v) is 1.80. The zero-order valence-electron chi connectivity index (χ0n) is 4.32. The lowest BCUT2D eigenvalue weighted by atomic mass is 10.7. The van der Waals surface area contributed by atoms with E-state index in [1.807, 2.05) is 10.8 Å². The second kappa shape index (κ2) is 1.32. The van der Waals surface area contributed by atoms with Gasteiger partial charge in [-0.15, -0.1) is 0 Å². The molecule has 0 amide bonds. The van der Waals surface area contributed by atoms with E-state index >= 15 is 0 Å². The highest BCUT2D eigenvalue weighted by atomic mass is 16.6. The maximum absolute atomic E-state index is 4.98. The summed E-state index contributed by atoms with van der Waals surface area (Å²) in [4.78, 5) is 3.87. The molecule has 1 fully saturated rings. The van der Waals surface area contributed by atoms with Crippen molar-refractivity contribution < 1.29 is 4.74 Å². The van der Waals surface area contributed by atoms with Crippen molar-refractivity contribution in [2.75, 3.05) is 6.61 Å². The summed E-state index contributed by atoms with van der Waals surface area (Å²) < 4.78 is 6.92. The van der Waals surface area contributed by atoms with Gasteiger partial charge in [0.05, 0.1) is 12.9 Å². The number of epoxide rings is 1. The summed E-state index contributed by atoms with van der Waals surface area (Å²) in [6, 6.07) is 0. The van der Waals surface area contributed by atoms with Crippen LogP contribution in [-0.2, 0) is 4.74 Å². The van der Waals surface area contributed by atoms with Crippen LogP contribution in [0, 0.1) is 0 Å². The van der Waals surface area contributed by atoms with Crippen molar-refractivity contribution in [3.05, 3.63) is 18.7 Å². The third kappa shape index (κ3) is 0.518. The lowest BCUT2D eigenvalue weighted by Gasteiger charge is -1.88. The Balaban J connectivity index is 2.28. The third-order valence-electron chi connectivity index (χ3n) is 1.17. The van der Waals surface area contributed by atoms with Crippen LogP contribution in [-0.4, -0.2) is 16.2 Å². The van der Waals surface area contributed by atoms with Gasteiger partial charge in [-0.3, -0.25) is 0 Å². The van der Waals surface area contributed by atoms with Crippen LogP contribution in [0.15, 0.2) is 18.7 Å². The van der Waals surface area contributed by atoms with Crippen molar-refractivity contribution in [1.82, 2.24) is 9.55 Å². The summed E-state index contributed by atoms with van der Waals surface area (Å²) in [7, 11) is 0. The first-order valence-electron chi connectivity index (χ1n) is 2.56. The fourth-order valence-corrected chi connectivity index (χ4v) is 0.655. The molecule has 2 rings (SSSR count). The molecule has 1 atom stereocenters. The molecule has 42 valence electrons. The molecule has 8 heavy (non-hydrogen) atoms. The van der Waals surface area contributed by atoms with Gasteiger partial charge in [0, 0.05) is 12.4 Å². The largest absolute Gasteiger partial charge is 0.351 e. The Morgan fingerprint density at radius 2 is 2.62 bits per heavy atom. The number of aromatic nitrogens is 2. The number of ether oxygens (including phenoxy) is 1. The first-order chi connectivity index (χ1) is 3.97. The summed E-state index contributed by atoms with van der Waals surface area (Å²) in [6.07, 6.45) is 5.70. The Morgan fingerprint density at radius 3 is 3.12 bits per heavy atom. The molecule has 0 aromatic carbocycles. The molecule has 1 aromatic rings. The SMILES string of the molecule is c1cn([C@@H]2CO2)cn1. The quantitative estimate of drug-likeness (QED) is 0.490. The van der Waals surface area contributed by atoms with Gasteiger partial charge < -0.3 is 9.30 Å². The summed E-state index contributed by atoms with van der Waals surface area (Å²) in [5, 5.41) is 0. The number of nitrogens with zero attached hydrogens (tertiary/aromatic N) is 2. The van der Waals surface area contributed by atoms with Crippen molar-refractivity contribution in [1.29, 1.82) is 0 Å². The standard InChI is InChI=1S/C5H6N2O/c1-2-7(4-6-1)5-3-8-5/h1-2,4-5H,3H2/t5-/m0/s1. The van der Waals surface area contributed by atoms with Gasteiger partial charge in [-0.25, -0.2) is 4.98 Å². The van der Waals surface area contributed by atoms with E-state index in [9.17, 15) is 0 Å². The summed E-state index contributed by atoms with van der Waals surface area (Å²) in [5.74, 6) is 0. The molecule has 1 aromatic heterocycles. The normalized spacial score (nSPS) is 25.8. The molecule has 2 heterocycles. The average molecular weight is 110 g/mol. The van der Waals surface area contributed by atoms with Crippen molar-refractivity contribution in [3.63, 3.8) is 0 Å². The lowest BCUT2D eigenvalue weighted by molar-refractivity contribution is 0.354. The molecule has 3 nitrogen and oxygen atoms in total. The third-order valence-corrected chi connectivity index (χ3v) is 1.17. The van der Waals surface area contributed by atoms with E-state index in [-0.39, 0.29) is 6.23 Å². The Labute approximate surface area is 46.9 Å². The maximum atomic E-state index is 4.98. The zero-order valence-corrected chi connectivity index (χ0v) is 4.32. The number of imidazole rings is 1. The minimum absolute atomic E-state index is 0.289. The maximum Gasteiger partial charge on any atom is 0.158 e. The van der Waals surface area contributed by atoms with E-state index < -0.39 is 0 Å². The molecule has 1 aliphatic heterocycles. The van der Waals surface area contributed by atoms with Crippen LogP contribution in [0.25, 0.3) is 0 Å². The molecule has 1 aliphatic rings. The molecule has 0 radical (unpaired) electrons. The summed E-state index contributed by atoms with van der Waals surface area (Å²) >= 11 is 0. The summed E-state index contributed by atoms with van der Waals surface area (Å²) in [5.41, 5.74) is 0. The van der Waals surface area contributed by atoms with Gasteiger partial charge in [-0.05, 0) is 0 Å². The molecule has 0 saturated carbocycles. The second-order valence-electron chi connectivity index (χ2n) is 1.80. The number of hydrogen-bond acceptors (Lipinski definition) is 2. The van der Waals surface area contributed by atoms with Gasteiger partial charge in [0.2, 0.25) is 0 Å². The fraction of sp³-hybridized carbons (Fsp3) is 0.400. The highest BCUT2D eigenvalue weighted by molar-refractivity contribution is 4.80. The van der Waals surface area contributed by atoms with Crippen molar-refractivity contribution in [3.8, 4) is 0 Å². The number of hydrogen-bond donors (Lipinski definition) is 0. The minimum Gasteiger partial charge on any atom is -0.351 e. The van der Waals surface area contributed by atoms with Crippen molar-refractivity contribution >= 4 is 0 Å². The van der Waals surface area contributed by atoms with Gasteiger partial charge in [0.25, 0.3) is 0 Å². The zero-order chi connectivity index (χ0) is 5.40. The highest BCUT2D eigenvalue weighted by Gasteiger charge is 2.23. The van der Waals surface area contributed by atoms with Crippen LogP contribution in [0.3, 0.4) is 0 Å². The van der Waals surface area contributed by atoms with Crippen LogP contribution < -0.4 is 0 Å². The predicted molar refractivity (Wildman–Crippen MR) is 27.2 cm³/mol. The first-order valence-corrected chi connectivity index (χ1v) is 2.56. The van der Waals surface area contributed by atoms with E-state index in [0.29, 0.717) is 0 Å². The molecular formula is C5H6N2O. The van der Waals surface area contributed by atoms with Crippen LogP contribution in [0.4, 0.5) is 0 Å². The van der Waals surface area contributed by atoms with Crippen molar-refractivity contribution in [2.45, 2.75) is 6.23 Å². The van der Waals surface area contributed by atoms with Gasteiger partial charge in [0.15, 0.2) is 6.23 Å². The summed E-state index contributed by atoms with van der Waals surface area (Å²) in [6.45, 7) is 0.844. The van der Waals surface area contributed by atoms with Gasteiger partial charge >= 0.3 is 0 Å². The van der Waals surface area contributed by atoms with Gasteiger partial charge in [-0.1, -0.05) is 0 Å². The Kier molecular flexibility index (Phi) is 0.676. The smallest absolute Gasteiger partial charge is 0.158 e. The van der Waals surface area contributed by atoms with E-state index in [4.69, 9.17) is 4.74 Å². The Morgan fingerprint density at radius 1 is 1.75 bits per heavy atom. The predicted octanol–water partition coefficient (Wildman–Crippen LogP) is 0.412. The Bertz CT molecular complexity index is 167. The topological polar surface area (TPSA) is 30.4 Å². The van der Waals surface area contributed by atoms with E-state index in [1.165, 1.54) is 0 Å². The van der Waals surface area contributed by atoms with E-state index in [1.54, 1.807) is 12.5 Å². The van der Waals surface area contributed by atoms with Gasteiger partial charge in [0.1, 0.15) is 0 Å². The van der Waals surface area contributed by atoms with Crippen molar-refractivity contribution in [2.24, 2.45) is 0 Å². The molecule has 1 saturated heterocycles. The molecule has 0 spiro atoms. The first kappa shape index (κ1) is 4.09.